The van der Waals surface area contributed by atoms with Crippen molar-refractivity contribution in [1.82, 2.24) is 10.1 Å². The van der Waals surface area contributed by atoms with Crippen LogP contribution >= 0.6 is 0 Å². The summed E-state index contributed by atoms with van der Waals surface area (Å²) in [4.78, 5) is 18.0. The number of carbonyl (C=O) groups is 1. The molecule has 1 aliphatic rings. The summed E-state index contributed by atoms with van der Waals surface area (Å²) < 4.78 is 5.56. The van der Waals surface area contributed by atoms with Gasteiger partial charge in [-0.3, -0.25) is 4.79 Å². The maximum Gasteiger partial charge on any atom is 0.314 e. The molecule has 7 heteroatoms. The third-order valence-corrected chi connectivity index (χ3v) is 6.27. The largest absolute Gasteiger partial charge is 0.481 e. The normalized spacial score (nSPS) is 15.1. The van der Waals surface area contributed by atoms with Gasteiger partial charge in [-0.25, -0.2) is 4.99 Å². The molecule has 3 N–H and O–H groups in total. The molecule has 1 aromatic heterocycles. The van der Waals surface area contributed by atoms with Gasteiger partial charge in [0.1, 0.15) is 11.4 Å². The van der Waals surface area contributed by atoms with Crippen molar-refractivity contribution >= 4 is 17.6 Å². The van der Waals surface area contributed by atoms with Gasteiger partial charge in [-0.05, 0) is 50.3 Å². The number of hydrogen-bond acceptors (Lipinski definition) is 4. The molecule has 1 aliphatic carbocycles. The summed E-state index contributed by atoms with van der Waals surface area (Å²) in [7, 11) is 1.90. The van der Waals surface area contributed by atoms with Gasteiger partial charge >= 0.3 is 5.97 Å². The number of nitrogens with two attached hydrogens (primary N) is 1. The minimum atomic E-state index is -0.740. The van der Waals surface area contributed by atoms with E-state index in [1.54, 1.807) is 0 Å². The molecular formula is C25H28N4O3. The van der Waals surface area contributed by atoms with E-state index in [0.717, 1.165) is 22.3 Å². The van der Waals surface area contributed by atoms with E-state index in [1.165, 1.54) is 0 Å². The summed E-state index contributed by atoms with van der Waals surface area (Å²) in [6.07, 6.45) is 1.41. The van der Waals surface area contributed by atoms with Crippen molar-refractivity contribution in [3.05, 3.63) is 59.8 Å². The first-order valence-corrected chi connectivity index (χ1v) is 10.7. The highest BCUT2D eigenvalue weighted by atomic mass is 16.5. The van der Waals surface area contributed by atoms with Crippen molar-refractivity contribution in [3.63, 3.8) is 0 Å². The number of nitrogens with zero attached hydrogens (tertiary/aromatic N) is 3. The van der Waals surface area contributed by atoms with Gasteiger partial charge < -0.3 is 20.3 Å². The molecule has 3 aromatic rings. The van der Waals surface area contributed by atoms with Crippen LogP contribution in [0.4, 0.5) is 5.69 Å². The Kier molecular flexibility index (Phi) is 5.50. The SMILES string of the molecule is Cc1noc(-c2ccc(-c3ccc(C4(C(=O)O)CC4)cc3)cc2)c1N=C(N)N(C)C(C)C. The average molecular weight is 433 g/mol. The number of carboxylic acids is 1. The topological polar surface area (TPSA) is 105 Å². The lowest BCUT2D eigenvalue weighted by atomic mass is 9.93. The molecule has 0 atom stereocenters. The fourth-order valence-electron chi connectivity index (χ4n) is 3.69. The Morgan fingerprint density at radius 2 is 1.62 bits per heavy atom. The second-order valence-electron chi connectivity index (χ2n) is 8.66. The van der Waals surface area contributed by atoms with Crippen molar-refractivity contribution in [2.75, 3.05) is 7.05 Å². The standard InChI is InChI=1S/C25H28N4O3/c1-15(2)29(4)24(26)27-21-16(3)28-32-22(21)19-7-5-17(6-8-19)18-9-11-20(12-10-18)25(13-14-25)23(30)31/h5-12,15H,13-14H2,1-4H3,(H2,26,27)(H,30,31). The third-order valence-electron chi connectivity index (χ3n) is 6.27. The number of carboxylic acid groups (broad SMARTS) is 1. The van der Waals surface area contributed by atoms with Crippen LogP contribution in [0.25, 0.3) is 22.5 Å². The Hall–Kier alpha value is -3.61. The lowest BCUT2D eigenvalue weighted by Gasteiger charge is -2.22. The van der Waals surface area contributed by atoms with Crippen LogP contribution in [0.3, 0.4) is 0 Å². The van der Waals surface area contributed by atoms with E-state index in [2.05, 4.69) is 10.1 Å². The molecule has 166 valence electrons. The summed E-state index contributed by atoms with van der Waals surface area (Å²) in [6.45, 7) is 5.93. The number of aromatic nitrogens is 1. The van der Waals surface area contributed by atoms with E-state index in [9.17, 15) is 9.90 Å². The van der Waals surface area contributed by atoms with Crippen molar-refractivity contribution in [2.45, 2.75) is 45.1 Å². The zero-order valence-electron chi connectivity index (χ0n) is 18.8. The zero-order valence-corrected chi connectivity index (χ0v) is 18.8. The monoisotopic (exact) mass is 432 g/mol. The Balaban J connectivity index is 1.59. The van der Waals surface area contributed by atoms with Gasteiger partial charge in [0.25, 0.3) is 0 Å². The Morgan fingerprint density at radius 1 is 1.09 bits per heavy atom. The quantitative estimate of drug-likeness (QED) is 0.431. The van der Waals surface area contributed by atoms with E-state index < -0.39 is 11.4 Å². The maximum absolute atomic E-state index is 11.5. The summed E-state index contributed by atoms with van der Waals surface area (Å²) >= 11 is 0. The van der Waals surface area contributed by atoms with Crippen molar-refractivity contribution in [1.29, 1.82) is 0 Å². The number of benzene rings is 2. The first kappa shape index (κ1) is 21.6. The number of guanidine groups is 1. The van der Waals surface area contributed by atoms with Crippen molar-refractivity contribution in [3.8, 4) is 22.5 Å². The van der Waals surface area contributed by atoms with Gasteiger partial charge in [0, 0.05) is 18.7 Å². The highest BCUT2D eigenvalue weighted by Crippen LogP contribution is 2.48. The zero-order chi connectivity index (χ0) is 23.0. The average Bonchev–Trinajstić information content (AvgIpc) is 3.53. The van der Waals surface area contributed by atoms with Crippen LogP contribution < -0.4 is 5.73 Å². The van der Waals surface area contributed by atoms with Gasteiger partial charge in [0.2, 0.25) is 0 Å². The van der Waals surface area contributed by atoms with Gasteiger partial charge in [-0.1, -0.05) is 53.7 Å². The molecule has 0 saturated heterocycles. The van der Waals surface area contributed by atoms with Crippen LogP contribution in [0.2, 0.25) is 0 Å². The van der Waals surface area contributed by atoms with Crippen molar-refractivity contribution < 1.29 is 14.4 Å². The first-order chi connectivity index (χ1) is 15.2. The van der Waals surface area contributed by atoms with Crippen LogP contribution in [0, 0.1) is 6.92 Å². The molecule has 1 fully saturated rings. The highest BCUT2D eigenvalue weighted by molar-refractivity contribution is 5.86. The van der Waals surface area contributed by atoms with Gasteiger partial charge in [-0.15, -0.1) is 0 Å². The Bertz CT molecular complexity index is 1160. The summed E-state index contributed by atoms with van der Waals surface area (Å²) in [5, 5.41) is 13.6. The fraction of sp³-hybridized carbons (Fsp3) is 0.320. The van der Waals surface area contributed by atoms with Crippen LogP contribution in [0.15, 0.2) is 58.0 Å². The molecular weight excluding hydrogens is 404 g/mol. The molecule has 0 radical (unpaired) electrons. The van der Waals surface area contributed by atoms with Crippen LogP contribution in [-0.4, -0.2) is 40.2 Å². The molecule has 0 spiro atoms. The molecule has 2 aromatic carbocycles. The van der Waals surface area contributed by atoms with Crippen molar-refractivity contribution in [2.24, 2.45) is 10.7 Å². The number of rotatable bonds is 6. The lowest BCUT2D eigenvalue weighted by Crippen LogP contribution is -2.38. The molecule has 32 heavy (non-hydrogen) atoms. The van der Waals surface area contributed by atoms with Crippen LogP contribution in [0.5, 0.6) is 0 Å². The minimum Gasteiger partial charge on any atom is -0.481 e. The number of hydrogen-bond donors (Lipinski definition) is 2. The predicted molar refractivity (Wildman–Crippen MR) is 125 cm³/mol. The van der Waals surface area contributed by atoms with E-state index in [4.69, 9.17) is 10.3 Å². The number of aryl methyl sites for hydroxylation is 1. The minimum absolute atomic E-state index is 0.221. The number of aliphatic carboxylic acids is 1. The highest BCUT2D eigenvalue weighted by Gasteiger charge is 2.51. The van der Waals surface area contributed by atoms with E-state index in [0.29, 0.717) is 35.9 Å². The molecule has 0 unspecified atom stereocenters. The second-order valence-corrected chi connectivity index (χ2v) is 8.66. The molecule has 4 rings (SSSR count). The van der Waals surface area contributed by atoms with E-state index in [-0.39, 0.29) is 6.04 Å². The van der Waals surface area contributed by atoms with Gasteiger partial charge in [-0.2, -0.15) is 0 Å². The molecule has 1 saturated carbocycles. The molecule has 1 heterocycles. The lowest BCUT2D eigenvalue weighted by molar-refractivity contribution is -0.140. The number of aliphatic imine (C=N–C) groups is 1. The fourth-order valence-corrected chi connectivity index (χ4v) is 3.69. The predicted octanol–water partition coefficient (Wildman–Crippen LogP) is 4.72. The third kappa shape index (κ3) is 3.86. The smallest absolute Gasteiger partial charge is 0.314 e. The summed E-state index contributed by atoms with van der Waals surface area (Å²) in [5.41, 5.74) is 10.5. The first-order valence-electron chi connectivity index (χ1n) is 10.7. The molecule has 0 amide bonds. The van der Waals surface area contributed by atoms with Gasteiger partial charge in [0.15, 0.2) is 11.7 Å². The Labute approximate surface area is 187 Å². The summed E-state index contributed by atoms with van der Waals surface area (Å²) in [5.74, 6) is 0.233. The van der Waals surface area contributed by atoms with E-state index >= 15 is 0 Å². The molecule has 0 aliphatic heterocycles. The van der Waals surface area contributed by atoms with E-state index in [1.807, 2.05) is 81.2 Å². The molecule has 7 nitrogen and oxygen atoms in total. The van der Waals surface area contributed by atoms with Crippen LogP contribution in [0.1, 0.15) is 37.9 Å². The van der Waals surface area contributed by atoms with Crippen LogP contribution in [-0.2, 0) is 10.2 Å². The summed E-state index contributed by atoms with van der Waals surface area (Å²) in [6, 6.07) is 15.9. The maximum atomic E-state index is 11.5. The second kappa shape index (κ2) is 8.15. The van der Waals surface area contributed by atoms with Gasteiger partial charge in [0.05, 0.1) is 5.41 Å². The molecule has 0 bridgehead atoms. The Morgan fingerprint density at radius 3 is 2.12 bits per heavy atom.